The molecule has 0 saturated carbocycles. The first-order valence-corrected chi connectivity index (χ1v) is 9.22. The zero-order valence-corrected chi connectivity index (χ0v) is 14.9. The van der Waals surface area contributed by atoms with Crippen molar-refractivity contribution >= 4 is 27.7 Å². The van der Waals surface area contributed by atoms with Crippen LogP contribution in [0.1, 0.15) is 35.4 Å². The van der Waals surface area contributed by atoms with Crippen LogP contribution in [0.25, 0.3) is 0 Å². The van der Waals surface area contributed by atoms with Gasteiger partial charge in [-0.05, 0) is 55.0 Å². The molecule has 1 aliphatic rings. The maximum Gasteiger partial charge on any atom is 0.123 e. The van der Waals surface area contributed by atoms with Gasteiger partial charge in [0.25, 0.3) is 0 Å². The molecule has 1 heterocycles. The van der Waals surface area contributed by atoms with E-state index in [2.05, 4.69) is 78.5 Å². The fraction of sp³-hybridized carbons (Fsp3) is 0.333. The number of hydrogen-bond donors (Lipinski definition) is 0. The molecule has 3 heteroatoms. The molecule has 0 amide bonds. The maximum absolute atomic E-state index is 5.95. The Morgan fingerprint density at radius 1 is 1.10 bits per heavy atom. The van der Waals surface area contributed by atoms with Crippen LogP contribution in [-0.2, 0) is 6.42 Å². The lowest BCUT2D eigenvalue weighted by molar-refractivity contribution is 0.138. The van der Waals surface area contributed by atoms with Crippen LogP contribution < -0.4 is 4.74 Å². The van der Waals surface area contributed by atoms with E-state index in [4.69, 9.17) is 4.74 Å². The summed E-state index contributed by atoms with van der Waals surface area (Å²) in [5, 5.41) is 0. The van der Waals surface area contributed by atoms with Gasteiger partial charge in [-0.3, -0.25) is 0 Å². The summed E-state index contributed by atoms with van der Waals surface area (Å²) in [6.45, 7) is 4.28. The van der Waals surface area contributed by atoms with E-state index in [1.807, 2.05) is 0 Å². The topological polar surface area (TPSA) is 9.23 Å². The normalized spacial score (nSPS) is 17.1. The number of hydrogen-bond acceptors (Lipinski definition) is 2. The van der Waals surface area contributed by atoms with Gasteiger partial charge >= 0.3 is 0 Å². The van der Waals surface area contributed by atoms with Gasteiger partial charge in [-0.2, -0.15) is 0 Å². The molecule has 3 rings (SSSR count). The van der Waals surface area contributed by atoms with Gasteiger partial charge in [-0.25, -0.2) is 0 Å². The van der Waals surface area contributed by atoms with Gasteiger partial charge < -0.3 is 4.74 Å². The minimum Gasteiger partial charge on any atom is -0.487 e. The molecule has 0 radical (unpaired) electrons. The third-order valence-corrected chi connectivity index (χ3v) is 5.59. The summed E-state index contributed by atoms with van der Waals surface area (Å²) >= 11 is 5.60. The second kappa shape index (κ2) is 5.69. The van der Waals surface area contributed by atoms with Gasteiger partial charge in [0.05, 0.1) is 4.83 Å². The third kappa shape index (κ3) is 3.14. The average Bonchev–Trinajstić information content (AvgIpc) is 2.79. The Balaban J connectivity index is 1.87. The zero-order chi connectivity index (χ0) is 15.0. The van der Waals surface area contributed by atoms with E-state index in [1.54, 1.807) is 11.8 Å². The Morgan fingerprint density at radius 3 is 2.43 bits per heavy atom. The highest BCUT2D eigenvalue weighted by atomic mass is 79.9. The summed E-state index contributed by atoms with van der Waals surface area (Å²) in [6.07, 6.45) is 3.07. The molecule has 21 heavy (non-hydrogen) atoms. The van der Waals surface area contributed by atoms with Gasteiger partial charge in [0, 0.05) is 11.3 Å². The minimum absolute atomic E-state index is 0.0806. The van der Waals surface area contributed by atoms with E-state index in [0.717, 1.165) is 12.2 Å². The van der Waals surface area contributed by atoms with Crippen LogP contribution >= 0.6 is 27.7 Å². The predicted molar refractivity (Wildman–Crippen MR) is 93.8 cm³/mol. The molecule has 0 N–H and O–H groups in total. The van der Waals surface area contributed by atoms with Crippen molar-refractivity contribution in [3.05, 3.63) is 59.2 Å². The highest BCUT2D eigenvalue weighted by Crippen LogP contribution is 2.39. The van der Waals surface area contributed by atoms with Crippen LogP contribution in [0.2, 0.25) is 0 Å². The van der Waals surface area contributed by atoms with Crippen molar-refractivity contribution in [2.24, 2.45) is 0 Å². The molecule has 0 aromatic heterocycles. The van der Waals surface area contributed by atoms with E-state index in [-0.39, 0.29) is 10.4 Å². The van der Waals surface area contributed by atoms with Crippen molar-refractivity contribution in [2.75, 3.05) is 6.26 Å². The lowest BCUT2D eigenvalue weighted by Crippen LogP contribution is -2.24. The third-order valence-electron chi connectivity index (χ3n) is 3.79. The lowest BCUT2D eigenvalue weighted by Gasteiger charge is -2.16. The first-order valence-electron chi connectivity index (χ1n) is 7.08. The number of halogens is 1. The molecule has 0 fully saturated rings. The summed E-state index contributed by atoms with van der Waals surface area (Å²) in [5.41, 5.74) is 3.79. The van der Waals surface area contributed by atoms with Gasteiger partial charge in [-0.1, -0.05) is 40.2 Å². The van der Waals surface area contributed by atoms with Crippen molar-refractivity contribution < 1.29 is 4.74 Å². The van der Waals surface area contributed by atoms with Gasteiger partial charge in [0.15, 0.2) is 0 Å². The largest absolute Gasteiger partial charge is 0.487 e. The fourth-order valence-electron chi connectivity index (χ4n) is 2.75. The molecule has 1 nitrogen and oxygen atoms in total. The molecule has 0 saturated heterocycles. The van der Waals surface area contributed by atoms with Crippen LogP contribution in [0, 0.1) is 0 Å². The molecule has 1 unspecified atom stereocenters. The second-order valence-electron chi connectivity index (χ2n) is 6.04. The first kappa shape index (κ1) is 15.0. The SMILES string of the molecule is CSc1ccc(C(Br)c2ccc3c(c2)CC(C)(C)O3)cc1. The fourth-order valence-corrected chi connectivity index (χ4v) is 3.75. The average molecular weight is 363 g/mol. The molecule has 0 bridgehead atoms. The van der Waals surface area contributed by atoms with E-state index in [1.165, 1.54) is 21.6 Å². The summed E-state index contributed by atoms with van der Waals surface area (Å²) < 4.78 is 5.95. The Morgan fingerprint density at radius 2 is 1.76 bits per heavy atom. The summed E-state index contributed by atoms with van der Waals surface area (Å²) in [5.74, 6) is 1.03. The summed E-state index contributed by atoms with van der Waals surface area (Å²) in [7, 11) is 0. The summed E-state index contributed by atoms with van der Waals surface area (Å²) in [6, 6.07) is 15.3. The van der Waals surface area contributed by atoms with Crippen LogP contribution in [0.5, 0.6) is 5.75 Å². The number of benzene rings is 2. The van der Waals surface area contributed by atoms with Gasteiger partial charge in [-0.15, -0.1) is 11.8 Å². The summed E-state index contributed by atoms with van der Waals surface area (Å²) in [4.78, 5) is 1.52. The maximum atomic E-state index is 5.95. The number of ether oxygens (including phenoxy) is 1. The van der Waals surface area contributed by atoms with E-state index >= 15 is 0 Å². The number of alkyl halides is 1. The highest BCUT2D eigenvalue weighted by molar-refractivity contribution is 9.09. The van der Waals surface area contributed by atoms with E-state index in [0.29, 0.717) is 0 Å². The molecule has 2 aromatic rings. The Bertz CT molecular complexity index is 649. The molecule has 0 aliphatic carbocycles. The highest BCUT2D eigenvalue weighted by Gasteiger charge is 2.30. The Labute approximate surface area is 139 Å². The second-order valence-corrected chi connectivity index (χ2v) is 7.84. The lowest BCUT2D eigenvalue weighted by atomic mass is 9.98. The van der Waals surface area contributed by atoms with Crippen molar-refractivity contribution in [3.63, 3.8) is 0 Å². The Hall–Kier alpha value is -0.930. The monoisotopic (exact) mass is 362 g/mol. The van der Waals surface area contributed by atoms with Crippen LogP contribution in [0.15, 0.2) is 47.4 Å². The molecule has 1 atom stereocenters. The first-order chi connectivity index (χ1) is 9.98. The van der Waals surface area contributed by atoms with E-state index < -0.39 is 0 Å². The van der Waals surface area contributed by atoms with Crippen molar-refractivity contribution in [1.82, 2.24) is 0 Å². The molecule has 110 valence electrons. The minimum atomic E-state index is -0.0806. The zero-order valence-electron chi connectivity index (χ0n) is 12.5. The number of fused-ring (bicyclic) bond motifs is 1. The van der Waals surface area contributed by atoms with Gasteiger partial charge in [0.1, 0.15) is 11.4 Å². The smallest absolute Gasteiger partial charge is 0.123 e. The van der Waals surface area contributed by atoms with Crippen LogP contribution in [0.3, 0.4) is 0 Å². The molecule has 1 aliphatic heterocycles. The number of thioether (sulfide) groups is 1. The molecular formula is C18H19BrOS. The molecular weight excluding hydrogens is 344 g/mol. The Kier molecular flexibility index (Phi) is 4.06. The van der Waals surface area contributed by atoms with Crippen molar-refractivity contribution in [3.8, 4) is 5.75 Å². The van der Waals surface area contributed by atoms with Gasteiger partial charge in [0.2, 0.25) is 0 Å². The van der Waals surface area contributed by atoms with Crippen molar-refractivity contribution in [1.29, 1.82) is 0 Å². The van der Waals surface area contributed by atoms with Crippen molar-refractivity contribution in [2.45, 2.75) is 35.6 Å². The van der Waals surface area contributed by atoms with Crippen LogP contribution in [-0.4, -0.2) is 11.9 Å². The molecule has 2 aromatic carbocycles. The quantitative estimate of drug-likeness (QED) is 0.518. The predicted octanol–water partition coefficient (Wildman–Crippen LogP) is 5.61. The molecule has 0 spiro atoms. The van der Waals surface area contributed by atoms with E-state index in [9.17, 15) is 0 Å². The van der Waals surface area contributed by atoms with Crippen LogP contribution in [0.4, 0.5) is 0 Å². The number of rotatable bonds is 3. The standard InChI is InChI=1S/C18H19BrOS/c1-18(2)11-14-10-13(6-9-16(14)20-18)17(19)12-4-7-15(21-3)8-5-12/h4-10,17H,11H2,1-3H3.